The average molecular weight is 343 g/mol. The van der Waals surface area contributed by atoms with E-state index in [0.29, 0.717) is 17.5 Å². The monoisotopic (exact) mass is 343 g/mol. The molecule has 1 aromatic carbocycles. The van der Waals surface area contributed by atoms with Gasteiger partial charge in [0.1, 0.15) is 5.75 Å². The minimum Gasteiger partial charge on any atom is -0.481 e. The molecule has 0 saturated carbocycles. The number of anilines is 1. The van der Waals surface area contributed by atoms with Gasteiger partial charge in [-0.3, -0.25) is 4.79 Å². The summed E-state index contributed by atoms with van der Waals surface area (Å²) in [6, 6.07) is 11.1. The van der Waals surface area contributed by atoms with Gasteiger partial charge in [-0.1, -0.05) is 18.2 Å². The smallest absolute Gasteiger partial charge is 0.265 e. The standard InChI is InChI=1S/C17H17N3O3S/c1-10(22-13-7-5-4-6-8-13)16(21)18-14-9-15(24-11(14)2)17-20-19-12(3)23-17/h4-10H,1-3H3,(H,18,21). The van der Waals surface area contributed by atoms with Crippen molar-refractivity contribution in [2.45, 2.75) is 26.9 Å². The summed E-state index contributed by atoms with van der Waals surface area (Å²) >= 11 is 1.49. The third kappa shape index (κ3) is 3.62. The van der Waals surface area contributed by atoms with Crippen molar-refractivity contribution in [3.8, 4) is 16.5 Å². The Hall–Kier alpha value is -2.67. The van der Waals surface area contributed by atoms with Crippen molar-refractivity contribution in [2.24, 2.45) is 0 Å². The molecule has 3 aromatic rings. The first-order valence-corrected chi connectivity index (χ1v) is 8.28. The lowest BCUT2D eigenvalue weighted by Crippen LogP contribution is -2.30. The highest BCUT2D eigenvalue weighted by Gasteiger charge is 2.18. The van der Waals surface area contributed by atoms with E-state index < -0.39 is 6.10 Å². The van der Waals surface area contributed by atoms with Crippen molar-refractivity contribution in [1.82, 2.24) is 10.2 Å². The molecule has 24 heavy (non-hydrogen) atoms. The van der Waals surface area contributed by atoms with Crippen LogP contribution in [0.5, 0.6) is 5.75 Å². The van der Waals surface area contributed by atoms with Crippen molar-refractivity contribution >= 4 is 22.9 Å². The maximum Gasteiger partial charge on any atom is 0.265 e. The Morgan fingerprint density at radius 2 is 2.00 bits per heavy atom. The van der Waals surface area contributed by atoms with Gasteiger partial charge >= 0.3 is 0 Å². The summed E-state index contributed by atoms with van der Waals surface area (Å²) in [6.07, 6.45) is -0.610. The van der Waals surface area contributed by atoms with Crippen LogP contribution in [0.25, 0.3) is 10.8 Å². The van der Waals surface area contributed by atoms with Crippen LogP contribution in [0.3, 0.4) is 0 Å². The first-order valence-electron chi connectivity index (χ1n) is 7.46. The lowest BCUT2D eigenvalue weighted by atomic mass is 10.3. The number of para-hydroxylation sites is 1. The number of nitrogens with one attached hydrogen (secondary N) is 1. The second kappa shape index (κ2) is 6.84. The molecule has 0 aliphatic heterocycles. The van der Waals surface area contributed by atoms with Crippen molar-refractivity contribution in [1.29, 1.82) is 0 Å². The summed E-state index contributed by atoms with van der Waals surface area (Å²) in [5.41, 5.74) is 0.722. The predicted octanol–water partition coefficient (Wildman–Crippen LogP) is 3.82. The molecule has 2 heterocycles. The fraction of sp³-hybridized carbons (Fsp3) is 0.235. The lowest BCUT2D eigenvalue weighted by molar-refractivity contribution is -0.122. The van der Waals surface area contributed by atoms with E-state index in [-0.39, 0.29) is 5.91 Å². The van der Waals surface area contributed by atoms with Gasteiger partial charge in [-0.15, -0.1) is 21.5 Å². The Morgan fingerprint density at radius 1 is 1.25 bits per heavy atom. The van der Waals surface area contributed by atoms with Crippen LogP contribution >= 0.6 is 11.3 Å². The third-order valence-electron chi connectivity index (χ3n) is 3.34. The zero-order valence-electron chi connectivity index (χ0n) is 13.6. The number of rotatable bonds is 5. The predicted molar refractivity (Wildman–Crippen MR) is 92.2 cm³/mol. The highest BCUT2D eigenvalue weighted by Crippen LogP contribution is 2.33. The molecule has 124 valence electrons. The van der Waals surface area contributed by atoms with E-state index in [1.165, 1.54) is 11.3 Å². The molecule has 0 aliphatic rings. The van der Waals surface area contributed by atoms with Crippen LogP contribution < -0.4 is 10.1 Å². The number of hydrogen-bond donors (Lipinski definition) is 1. The largest absolute Gasteiger partial charge is 0.481 e. The summed E-state index contributed by atoms with van der Waals surface area (Å²) in [6.45, 7) is 5.38. The Balaban J connectivity index is 1.69. The SMILES string of the molecule is Cc1nnc(-c2cc(NC(=O)C(C)Oc3ccccc3)c(C)s2)o1. The second-order valence-corrected chi connectivity index (χ2v) is 6.53. The fourth-order valence-corrected chi connectivity index (χ4v) is 3.00. The Kier molecular flexibility index (Phi) is 4.61. The number of hydrogen-bond acceptors (Lipinski definition) is 6. The van der Waals surface area contributed by atoms with Gasteiger partial charge in [-0.25, -0.2) is 0 Å². The number of amides is 1. The van der Waals surface area contributed by atoms with Crippen molar-refractivity contribution in [3.63, 3.8) is 0 Å². The zero-order valence-corrected chi connectivity index (χ0v) is 14.4. The molecule has 0 fully saturated rings. The first kappa shape index (κ1) is 16.2. The summed E-state index contributed by atoms with van der Waals surface area (Å²) < 4.78 is 11.1. The Bertz CT molecular complexity index is 842. The number of thiophene rings is 1. The maximum atomic E-state index is 12.3. The van der Waals surface area contributed by atoms with E-state index >= 15 is 0 Å². The molecular weight excluding hydrogens is 326 g/mol. The third-order valence-corrected chi connectivity index (χ3v) is 4.38. The van der Waals surface area contributed by atoms with Crippen molar-refractivity contribution in [2.75, 3.05) is 5.32 Å². The number of carbonyl (C=O) groups excluding carboxylic acids is 1. The Labute approximate surface area is 143 Å². The molecule has 6 nitrogen and oxygen atoms in total. The quantitative estimate of drug-likeness (QED) is 0.762. The second-order valence-electron chi connectivity index (χ2n) is 5.27. The van der Waals surface area contributed by atoms with Crippen LogP contribution in [-0.2, 0) is 4.79 Å². The van der Waals surface area contributed by atoms with E-state index in [1.54, 1.807) is 13.8 Å². The first-order chi connectivity index (χ1) is 11.5. The summed E-state index contributed by atoms with van der Waals surface area (Å²) in [7, 11) is 0. The summed E-state index contributed by atoms with van der Waals surface area (Å²) in [5, 5.41) is 10.7. The molecule has 7 heteroatoms. The Morgan fingerprint density at radius 3 is 2.67 bits per heavy atom. The minimum atomic E-state index is -0.610. The molecule has 0 bridgehead atoms. The van der Waals surface area contributed by atoms with Gasteiger partial charge in [0.25, 0.3) is 11.8 Å². The molecule has 0 saturated heterocycles. The molecule has 0 radical (unpaired) electrons. The topological polar surface area (TPSA) is 77.2 Å². The number of aromatic nitrogens is 2. The van der Waals surface area contributed by atoms with E-state index in [0.717, 1.165) is 15.4 Å². The van der Waals surface area contributed by atoms with Gasteiger partial charge in [0.2, 0.25) is 5.89 Å². The van der Waals surface area contributed by atoms with Crippen LogP contribution in [0.4, 0.5) is 5.69 Å². The zero-order chi connectivity index (χ0) is 17.1. The molecular formula is C17H17N3O3S. The van der Waals surface area contributed by atoms with Crippen LogP contribution in [0.2, 0.25) is 0 Å². The van der Waals surface area contributed by atoms with Crippen molar-refractivity contribution in [3.05, 3.63) is 47.2 Å². The number of nitrogens with zero attached hydrogens (tertiary/aromatic N) is 2. The summed E-state index contributed by atoms with van der Waals surface area (Å²) in [4.78, 5) is 14.1. The van der Waals surface area contributed by atoms with Crippen molar-refractivity contribution < 1.29 is 13.9 Å². The van der Waals surface area contributed by atoms with Gasteiger partial charge in [0.15, 0.2) is 6.10 Å². The molecule has 3 rings (SSSR count). The number of carbonyl (C=O) groups is 1. The minimum absolute atomic E-state index is 0.215. The van der Waals surface area contributed by atoms with Crippen LogP contribution in [0.15, 0.2) is 40.8 Å². The van der Waals surface area contributed by atoms with Gasteiger partial charge in [0, 0.05) is 11.8 Å². The van der Waals surface area contributed by atoms with Gasteiger partial charge < -0.3 is 14.5 Å². The molecule has 0 aliphatic carbocycles. The molecule has 1 N–H and O–H groups in total. The number of ether oxygens (including phenoxy) is 1. The van der Waals surface area contributed by atoms with Gasteiger partial charge in [-0.2, -0.15) is 0 Å². The van der Waals surface area contributed by atoms with Crippen LogP contribution in [-0.4, -0.2) is 22.2 Å². The van der Waals surface area contributed by atoms with E-state index in [4.69, 9.17) is 9.15 Å². The fourth-order valence-electron chi connectivity index (χ4n) is 2.10. The van der Waals surface area contributed by atoms with Crippen LogP contribution in [0, 0.1) is 13.8 Å². The van der Waals surface area contributed by atoms with E-state index in [2.05, 4.69) is 15.5 Å². The van der Waals surface area contributed by atoms with Gasteiger partial charge in [0.05, 0.1) is 10.6 Å². The lowest BCUT2D eigenvalue weighted by Gasteiger charge is -2.14. The highest BCUT2D eigenvalue weighted by molar-refractivity contribution is 7.15. The highest BCUT2D eigenvalue weighted by atomic mass is 32.1. The molecule has 1 amide bonds. The number of benzene rings is 1. The molecule has 2 aromatic heterocycles. The number of aryl methyl sites for hydroxylation is 2. The molecule has 1 atom stereocenters. The van der Waals surface area contributed by atoms with Crippen LogP contribution in [0.1, 0.15) is 17.7 Å². The molecule has 1 unspecified atom stereocenters. The maximum absolute atomic E-state index is 12.3. The van der Waals surface area contributed by atoms with E-state index in [1.807, 2.05) is 43.3 Å². The van der Waals surface area contributed by atoms with E-state index in [9.17, 15) is 4.79 Å². The normalized spacial score (nSPS) is 12.0. The average Bonchev–Trinajstić information content (AvgIpc) is 3.15. The molecule has 0 spiro atoms. The summed E-state index contributed by atoms with van der Waals surface area (Å²) in [5.74, 6) is 1.40. The van der Waals surface area contributed by atoms with Gasteiger partial charge in [-0.05, 0) is 32.0 Å².